The molecule has 0 spiro atoms. The number of furan rings is 2. The molecule has 4 atom stereocenters. The number of nitrogens with one attached hydrogen (secondary N) is 1. The summed E-state index contributed by atoms with van der Waals surface area (Å²) in [6, 6.07) is 25.9. The number of benzene rings is 2. The Bertz CT molecular complexity index is 3630. The molecule has 4 unspecified atom stereocenters. The highest BCUT2D eigenvalue weighted by atomic mass is 35.5. The molecule has 4 fully saturated rings. The fourth-order valence-electron chi connectivity index (χ4n) is 11.3. The van der Waals surface area contributed by atoms with Crippen molar-refractivity contribution in [2.75, 3.05) is 37.6 Å². The lowest BCUT2D eigenvalue weighted by atomic mass is 10.0. The summed E-state index contributed by atoms with van der Waals surface area (Å²) in [6.07, 6.45) is 14.5. The zero-order chi connectivity index (χ0) is 55.8. The lowest BCUT2D eigenvalue weighted by molar-refractivity contribution is -0.115. The van der Waals surface area contributed by atoms with Gasteiger partial charge >= 0.3 is 5.97 Å². The van der Waals surface area contributed by atoms with Crippen molar-refractivity contribution in [3.8, 4) is 22.5 Å². The number of anilines is 2. The van der Waals surface area contributed by atoms with Crippen LogP contribution in [0.15, 0.2) is 131 Å². The number of nitrogen functional groups attached to an aromatic ring is 2. The summed E-state index contributed by atoms with van der Waals surface area (Å²) in [5.41, 5.74) is 21.5. The molecule has 412 valence electrons. The van der Waals surface area contributed by atoms with Crippen LogP contribution in [0.5, 0.6) is 0 Å². The molecule has 6 aromatic heterocycles. The van der Waals surface area contributed by atoms with E-state index in [1.807, 2.05) is 73.3 Å². The number of ketones is 2. The van der Waals surface area contributed by atoms with Crippen LogP contribution in [0.4, 0.5) is 11.6 Å². The van der Waals surface area contributed by atoms with Gasteiger partial charge in [-0.2, -0.15) is 0 Å². The molecule has 2 aromatic carbocycles. The topological polar surface area (TPSA) is 234 Å². The number of carbonyl (C=O) groups excluding carboxylic acids is 3. The number of allylic oxidation sites excluding steroid dienone is 2. The Labute approximate surface area is 471 Å². The number of amides is 1. The molecule has 0 bridgehead atoms. The second-order valence-corrected chi connectivity index (χ2v) is 22.6. The molecule has 2 aliphatic carbocycles. The van der Waals surface area contributed by atoms with Crippen LogP contribution < -0.4 is 16.8 Å². The van der Waals surface area contributed by atoms with Crippen molar-refractivity contribution in [1.29, 1.82) is 0 Å². The number of nitrogens with two attached hydrogens (primary N) is 2. The van der Waals surface area contributed by atoms with Gasteiger partial charge < -0.3 is 35.6 Å². The third-order valence-corrected chi connectivity index (χ3v) is 16.5. The SMILES string of the molecule is CC1(C)C2CNCC21.Cc1cc(-c2ccc(C(=O)N3CC4C(C3)C4(C)C)cn2)cc2cc(CCC(=O)/C=C/c3ccc(N)nc3)oc12.Cc1cc(-c2ccc(C(=O)O)cn2)cc2cc(CCC(=O)/C=C/c3ccc(N)nc3)oc12.Cl. The number of carbonyl (C=O) groups is 4. The smallest absolute Gasteiger partial charge is 0.337 e. The van der Waals surface area contributed by atoms with Gasteiger partial charge in [-0.15, -0.1) is 12.4 Å². The van der Waals surface area contributed by atoms with Gasteiger partial charge in [-0.1, -0.05) is 27.7 Å². The summed E-state index contributed by atoms with van der Waals surface area (Å²) in [5.74, 6) is 4.72. The Hall–Kier alpha value is -8.27. The number of rotatable bonds is 14. The van der Waals surface area contributed by atoms with E-state index in [1.54, 1.807) is 61.1 Å². The number of likely N-dealkylation sites (tertiary alicyclic amines) is 1. The van der Waals surface area contributed by atoms with Crippen molar-refractivity contribution < 1.29 is 33.1 Å². The van der Waals surface area contributed by atoms with Gasteiger partial charge in [0.25, 0.3) is 5.91 Å². The van der Waals surface area contributed by atoms with E-state index in [0.29, 0.717) is 71.2 Å². The van der Waals surface area contributed by atoms with E-state index in [2.05, 4.69) is 52.9 Å². The molecule has 80 heavy (non-hydrogen) atoms. The number of aryl methyl sites for hydroxylation is 4. The van der Waals surface area contributed by atoms with Crippen LogP contribution in [0.1, 0.15) is 95.0 Å². The number of nitrogens with zero attached hydrogens (tertiary/aromatic N) is 5. The summed E-state index contributed by atoms with van der Waals surface area (Å²) in [7, 11) is 0. The first-order chi connectivity index (χ1) is 37.8. The summed E-state index contributed by atoms with van der Waals surface area (Å²) in [5, 5.41) is 14.3. The lowest BCUT2D eigenvalue weighted by Gasteiger charge is -2.22. The van der Waals surface area contributed by atoms with Crippen molar-refractivity contribution in [2.45, 2.75) is 67.2 Å². The predicted octanol–water partition coefficient (Wildman–Crippen LogP) is 11.7. The van der Waals surface area contributed by atoms with Crippen LogP contribution in [0.25, 0.3) is 56.6 Å². The molecule has 2 saturated carbocycles. The number of aromatic carboxylic acids is 1. The first-order valence-electron chi connectivity index (χ1n) is 26.9. The van der Waals surface area contributed by atoms with Gasteiger partial charge in [0.2, 0.25) is 0 Å². The molecule has 2 saturated heterocycles. The first kappa shape index (κ1) is 56.5. The molecule has 16 heteroatoms. The Kier molecular flexibility index (Phi) is 16.4. The van der Waals surface area contributed by atoms with E-state index in [-0.39, 0.29) is 35.4 Å². The Balaban J connectivity index is 0.000000170. The summed E-state index contributed by atoms with van der Waals surface area (Å²) in [4.78, 5) is 67.5. The minimum atomic E-state index is -1.01. The van der Waals surface area contributed by atoms with E-state index >= 15 is 0 Å². The Morgan fingerprint density at radius 2 is 1.06 bits per heavy atom. The molecule has 6 N–H and O–H groups in total. The standard InChI is InChI=1S/C32H32N4O3.C25H21N3O4.C7H13N.ClH/c1-19-12-22(28-10-6-21(16-34-28)31(38)36-17-26-27(18-36)32(26,2)3)13-23-14-25(39-30(19)23)9-8-24(37)7-4-20-5-11-29(33)35-15-20;1-15-10-18(22-8-4-17(14-27-22)25(30)31)11-19-12-21(32-24(15)19)7-6-20(29)5-2-16-3-9-23(26)28-13-16;1-7(2)5-3-8-4-6(5)7;/h4-7,10-16,26-27H,8-9,17-18H2,1-3H3,(H2,33,35);2-5,8-14H,6-7H2,1H3,(H2,26,28)(H,30,31);5-6,8H,3-4H2,1-2H3;1H/b7-4+;5-2+;;. The minimum absolute atomic E-state index is 0. The quantitative estimate of drug-likeness (QED) is 0.0742. The van der Waals surface area contributed by atoms with E-state index in [9.17, 15) is 19.2 Å². The number of fused-ring (bicyclic) bond motifs is 4. The lowest BCUT2D eigenvalue weighted by Crippen LogP contribution is -2.32. The van der Waals surface area contributed by atoms with Gasteiger partial charge in [0, 0.05) is 85.5 Å². The monoisotopic (exact) mass is 1090 g/mol. The number of hydrogen-bond acceptors (Lipinski definition) is 13. The fourth-order valence-corrected chi connectivity index (χ4v) is 11.3. The van der Waals surface area contributed by atoms with E-state index in [1.165, 1.54) is 31.4 Å². The van der Waals surface area contributed by atoms with Crippen LogP contribution in [-0.4, -0.2) is 79.6 Å². The molecule has 2 aliphatic heterocycles. The first-order valence-corrected chi connectivity index (χ1v) is 26.9. The van der Waals surface area contributed by atoms with Gasteiger partial charge in [-0.3, -0.25) is 24.4 Å². The van der Waals surface area contributed by atoms with Crippen molar-refractivity contribution >= 4 is 81.6 Å². The van der Waals surface area contributed by atoms with Crippen LogP contribution in [0.3, 0.4) is 0 Å². The maximum Gasteiger partial charge on any atom is 0.337 e. The average Bonchev–Trinajstić information content (AvgIpc) is 4.23. The van der Waals surface area contributed by atoms with Gasteiger partial charge in [-0.05, 0) is 193 Å². The van der Waals surface area contributed by atoms with Gasteiger partial charge in [0.15, 0.2) is 11.6 Å². The fraction of sp³-hybridized carbons (Fsp3) is 0.312. The molecule has 12 rings (SSSR count). The molecule has 8 aromatic rings. The molecule has 4 aliphatic rings. The van der Waals surface area contributed by atoms with Crippen LogP contribution >= 0.6 is 12.4 Å². The third-order valence-electron chi connectivity index (χ3n) is 16.5. The number of hydrogen-bond donors (Lipinski definition) is 4. The van der Waals surface area contributed by atoms with Crippen LogP contribution in [-0.2, 0) is 22.4 Å². The van der Waals surface area contributed by atoms with Crippen molar-refractivity contribution in [3.63, 3.8) is 0 Å². The molecule has 1 amide bonds. The number of carboxylic acids is 1. The maximum absolute atomic E-state index is 13.0. The highest BCUT2D eigenvalue weighted by Gasteiger charge is 2.62. The van der Waals surface area contributed by atoms with Gasteiger partial charge in [-0.25, -0.2) is 14.8 Å². The van der Waals surface area contributed by atoms with Crippen LogP contribution in [0.2, 0.25) is 0 Å². The predicted molar refractivity (Wildman–Crippen MR) is 315 cm³/mol. The number of carboxylic acid groups (broad SMARTS) is 1. The van der Waals surface area contributed by atoms with Gasteiger partial charge in [0.05, 0.1) is 22.5 Å². The number of aromatic nitrogens is 4. The zero-order valence-corrected chi connectivity index (χ0v) is 46.7. The van der Waals surface area contributed by atoms with E-state index in [4.69, 9.17) is 25.4 Å². The molecular weight excluding hydrogens is 1030 g/mol. The average molecular weight is 1100 g/mol. The summed E-state index contributed by atoms with van der Waals surface area (Å²) in [6.45, 7) is 17.5. The van der Waals surface area contributed by atoms with Crippen LogP contribution in [0, 0.1) is 48.3 Å². The second-order valence-electron chi connectivity index (χ2n) is 22.6. The summed E-state index contributed by atoms with van der Waals surface area (Å²) >= 11 is 0. The van der Waals surface area contributed by atoms with E-state index < -0.39 is 5.97 Å². The second kappa shape index (κ2) is 23.2. The largest absolute Gasteiger partial charge is 0.478 e. The highest BCUT2D eigenvalue weighted by molar-refractivity contribution is 5.96. The van der Waals surface area contributed by atoms with E-state index in [0.717, 1.165) is 97.5 Å². The third kappa shape index (κ3) is 12.6. The Morgan fingerprint density at radius 1 is 0.613 bits per heavy atom. The molecule has 8 heterocycles. The molecule has 15 nitrogen and oxygen atoms in total. The number of piperidine rings is 2. The summed E-state index contributed by atoms with van der Waals surface area (Å²) < 4.78 is 12.0. The number of pyridine rings is 4. The maximum atomic E-state index is 13.0. The normalized spacial score (nSPS) is 18.9. The van der Waals surface area contributed by atoms with Crippen molar-refractivity contribution in [1.82, 2.24) is 30.2 Å². The number of halogens is 1. The molecule has 0 radical (unpaired) electrons. The minimum Gasteiger partial charge on any atom is -0.478 e. The van der Waals surface area contributed by atoms with Crippen molar-refractivity contribution in [2.24, 2.45) is 34.5 Å². The molecular formula is C64H67ClN8O7. The van der Waals surface area contributed by atoms with Crippen molar-refractivity contribution in [3.05, 3.63) is 167 Å². The highest BCUT2D eigenvalue weighted by Crippen LogP contribution is 2.62. The zero-order valence-electron chi connectivity index (χ0n) is 45.9. The Morgan fingerprint density at radius 3 is 1.45 bits per heavy atom. The van der Waals surface area contributed by atoms with Gasteiger partial charge in [0.1, 0.15) is 34.3 Å².